The first-order chi connectivity index (χ1) is 9.06. The molecule has 0 unspecified atom stereocenters. The lowest BCUT2D eigenvalue weighted by Gasteiger charge is -2.36. The average molecular weight is 267 g/mol. The number of likely N-dealkylation sites (N-methyl/N-ethyl adjacent to an activating group) is 1. The Labute approximate surface area is 117 Å². The van der Waals surface area contributed by atoms with E-state index in [4.69, 9.17) is 0 Å². The van der Waals surface area contributed by atoms with Crippen LogP contribution in [-0.4, -0.2) is 73.5 Å². The Morgan fingerprint density at radius 3 is 2.16 bits per heavy atom. The highest BCUT2D eigenvalue weighted by Crippen LogP contribution is 2.24. The van der Waals surface area contributed by atoms with E-state index in [1.54, 1.807) is 0 Å². The molecule has 2 rings (SSSR count). The van der Waals surface area contributed by atoms with Gasteiger partial charge in [-0.25, -0.2) is 0 Å². The summed E-state index contributed by atoms with van der Waals surface area (Å²) in [5.74, 6) is 1.97. The lowest BCUT2D eigenvalue weighted by Crippen LogP contribution is -2.51. The summed E-state index contributed by atoms with van der Waals surface area (Å²) in [5.41, 5.74) is 0. The van der Waals surface area contributed by atoms with Crippen molar-refractivity contribution < 1.29 is 4.79 Å². The molecule has 0 N–H and O–H groups in total. The standard InChI is InChI=1S/C15H29N3O/c1-13(2)14-4-6-17(7-5-14)12-15(19)18-10-8-16(3)9-11-18/h13-14H,4-12H2,1-3H3. The monoisotopic (exact) mass is 267 g/mol. The quantitative estimate of drug-likeness (QED) is 0.767. The van der Waals surface area contributed by atoms with E-state index in [2.05, 4.69) is 30.7 Å². The Morgan fingerprint density at radius 1 is 1.05 bits per heavy atom. The molecule has 0 aliphatic carbocycles. The maximum atomic E-state index is 12.3. The lowest BCUT2D eigenvalue weighted by molar-refractivity contribution is -0.134. The molecule has 2 saturated heterocycles. The van der Waals surface area contributed by atoms with Crippen LogP contribution in [0.2, 0.25) is 0 Å². The van der Waals surface area contributed by atoms with Crippen molar-refractivity contribution in [2.45, 2.75) is 26.7 Å². The summed E-state index contributed by atoms with van der Waals surface area (Å²) in [6.45, 7) is 11.3. The van der Waals surface area contributed by atoms with Crippen molar-refractivity contribution in [3.63, 3.8) is 0 Å². The Bertz CT molecular complexity index is 290. The Morgan fingerprint density at radius 2 is 1.63 bits per heavy atom. The Balaban J connectivity index is 1.72. The van der Waals surface area contributed by atoms with Crippen molar-refractivity contribution in [3.05, 3.63) is 0 Å². The van der Waals surface area contributed by atoms with Crippen molar-refractivity contribution in [1.29, 1.82) is 0 Å². The van der Waals surface area contributed by atoms with Gasteiger partial charge in [-0.2, -0.15) is 0 Å². The summed E-state index contributed by atoms with van der Waals surface area (Å²) in [4.78, 5) is 18.9. The number of likely N-dealkylation sites (tertiary alicyclic amines) is 1. The van der Waals surface area contributed by atoms with Gasteiger partial charge in [0, 0.05) is 26.2 Å². The van der Waals surface area contributed by atoms with Crippen LogP contribution in [-0.2, 0) is 4.79 Å². The second-order valence-corrected chi connectivity index (χ2v) is 6.54. The van der Waals surface area contributed by atoms with E-state index >= 15 is 0 Å². The average Bonchev–Trinajstić information content (AvgIpc) is 2.40. The third-order valence-electron chi connectivity index (χ3n) is 4.79. The molecule has 0 radical (unpaired) electrons. The van der Waals surface area contributed by atoms with Crippen LogP contribution in [0.1, 0.15) is 26.7 Å². The number of hydrogen-bond acceptors (Lipinski definition) is 3. The fourth-order valence-electron chi connectivity index (χ4n) is 3.12. The van der Waals surface area contributed by atoms with Gasteiger partial charge in [0.1, 0.15) is 0 Å². The minimum atomic E-state index is 0.330. The highest BCUT2D eigenvalue weighted by Gasteiger charge is 2.25. The maximum Gasteiger partial charge on any atom is 0.236 e. The van der Waals surface area contributed by atoms with Gasteiger partial charge >= 0.3 is 0 Å². The molecule has 0 aromatic carbocycles. The number of carbonyl (C=O) groups is 1. The molecule has 19 heavy (non-hydrogen) atoms. The number of piperidine rings is 1. The van der Waals surface area contributed by atoms with Crippen LogP contribution >= 0.6 is 0 Å². The number of nitrogens with zero attached hydrogens (tertiary/aromatic N) is 3. The predicted octanol–water partition coefficient (Wildman–Crippen LogP) is 1.13. The van der Waals surface area contributed by atoms with Crippen LogP contribution in [0.25, 0.3) is 0 Å². The van der Waals surface area contributed by atoms with Crippen molar-refractivity contribution in [2.24, 2.45) is 11.8 Å². The molecule has 2 heterocycles. The summed E-state index contributed by atoms with van der Waals surface area (Å²) in [7, 11) is 2.12. The fourth-order valence-corrected chi connectivity index (χ4v) is 3.12. The van der Waals surface area contributed by atoms with E-state index in [1.165, 1.54) is 12.8 Å². The summed E-state index contributed by atoms with van der Waals surface area (Å²) in [5, 5.41) is 0. The smallest absolute Gasteiger partial charge is 0.236 e. The highest BCUT2D eigenvalue weighted by molar-refractivity contribution is 5.78. The molecule has 4 heteroatoms. The molecule has 110 valence electrons. The SMILES string of the molecule is CC(C)C1CCN(CC(=O)N2CCN(C)CC2)CC1. The van der Waals surface area contributed by atoms with Crippen molar-refractivity contribution >= 4 is 5.91 Å². The minimum Gasteiger partial charge on any atom is -0.339 e. The van der Waals surface area contributed by atoms with E-state index in [1.807, 2.05) is 4.90 Å². The molecule has 0 aromatic heterocycles. The number of hydrogen-bond donors (Lipinski definition) is 0. The fraction of sp³-hybridized carbons (Fsp3) is 0.933. The topological polar surface area (TPSA) is 26.8 Å². The summed E-state index contributed by atoms with van der Waals surface area (Å²) < 4.78 is 0. The second-order valence-electron chi connectivity index (χ2n) is 6.54. The largest absolute Gasteiger partial charge is 0.339 e. The third kappa shape index (κ3) is 4.18. The Kier molecular flexibility index (Phi) is 5.22. The van der Waals surface area contributed by atoms with Gasteiger partial charge in [0.25, 0.3) is 0 Å². The zero-order chi connectivity index (χ0) is 13.8. The molecule has 0 saturated carbocycles. The van der Waals surface area contributed by atoms with Gasteiger partial charge < -0.3 is 9.80 Å². The van der Waals surface area contributed by atoms with Gasteiger partial charge in [0.15, 0.2) is 0 Å². The van der Waals surface area contributed by atoms with Crippen LogP contribution in [0.4, 0.5) is 0 Å². The number of piperazine rings is 1. The zero-order valence-electron chi connectivity index (χ0n) is 12.8. The zero-order valence-corrected chi connectivity index (χ0v) is 12.8. The van der Waals surface area contributed by atoms with Crippen LogP contribution in [0.5, 0.6) is 0 Å². The van der Waals surface area contributed by atoms with Gasteiger partial charge in [-0.05, 0) is 44.8 Å². The molecule has 2 aliphatic rings. The molecule has 0 spiro atoms. The molecule has 4 nitrogen and oxygen atoms in total. The molecule has 0 aromatic rings. The van der Waals surface area contributed by atoms with Gasteiger partial charge in [0.05, 0.1) is 6.54 Å². The van der Waals surface area contributed by atoms with Crippen LogP contribution in [0.15, 0.2) is 0 Å². The number of rotatable bonds is 3. The summed E-state index contributed by atoms with van der Waals surface area (Å²) in [6, 6.07) is 0. The van der Waals surface area contributed by atoms with Gasteiger partial charge in [0.2, 0.25) is 5.91 Å². The lowest BCUT2D eigenvalue weighted by atomic mass is 9.87. The molecular formula is C15H29N3O. The maximum absolute atomic E-state index is 12.3. The third-order valence-corrected chi connectivity index (χ3v) is 4.79. The predicted molar refractivity (Wildman–Crippen MR) is 78.1 cm³/mol. The van der Waals surface area contributed by atoms with Crippen LogP contribution in [0.3, 0.4) is 0 Å². The van der Waals surface area contributed by atoms with E-state index in [0.717, 1.165) is 51.1 Å². The van der Waals surface area contributed by atoms with Crippen molar-refractivity contribution in [1.82, 2.24) is 14.7 Å². The van der Waals surface area contributed by atoms with E-state index in [9.17, 15) is 4.79 Å². The number of amides is 1. The van der Waals surface area contributed by atoms with Gasteiger partial charge in [-0.15, -0.1) is 0 Å². The Hall–Kier alpha value is -0.610. The molecule has 1 amide bonds. The first-order valence-corrected chi connectivity index (χ1v) is 7.75. The van der Waals surface area contributed by atoms with E-state index in [0.29, 0.717) is 12.5 Å². The van der Waals surface area contributed by atoms with Gasteiger partial charge in [-0.1, -0.05) is 13.8 Å². The second kappa shape index (κ2) is 6.71. The summed E-state index contributed by atoms with van der Waals surface area (Å²) >= 11 is 0. The van der Waals surface area contributed by atoms with E-state index < -0.39 is 0 Å². The van der Waals surface area contributed by atoms with Crippen molar-refractivity contribution in [3.8, 4) is 0 Å². The van der Waals surface area contributed by atoms with Crippen molar-refractivity contribution in [2.75, 3.05) is 52.9 Å². The normalized spacial score (nSPS) is 24.1. The van der Waals surface area contributed by atoms with Crippen LogP contribution in [0, 0.1) is 11.8 Å². The first kappa shape index (κ1) is 14.8. The molecular weight excluding hydrogens is 238 g/mol. The highest BCUT2D eigenvalue weighted by atomic mass is 16.2. The summed E-state index contributed by atoms with van der Waals surface area (Å²) in [6.07, 6.45) is 2.52. The number of carbonyl (C=O) groups excluding carboxylic acids is 1. The van der Waals surface area contributed by atoms with Crippen LogP contribution < -0.4 is 0 Å². The van der Waals surface area contributed by atoms with Gasteiger partial charge in [-0.3, -0.25) is 9.69 Å². The minimum absolute atomic E-state index is 0.330. The van der Waals surface area contributed by atoms with E-state index in [-0.39, 0.29) is 0 Å². The molecule has 0 bridgehead atoms. The molecule has 0 atom stereocenters. The molecule has 2 aliphatic heterocycles. The first-order valence-electron chi connectivity index (χ1n) is 7.75. The molecule has 2 fully saturated rings.